The van der Waals surface area contributed by atoms with Crippen molar-refractivity contribution >= 4 is 17.5 Å². The number of hydrazone groups is 1. The third-order valence-corrected chi connectivity index (χ3v) is 4.00. The molecule has 7 nitrogen and oxygen atoms in total. The molecule has 0 fully saturated rings. The summed E-state index contributed by atoms with van der Waals surface area (Å²) >= 11 is 0. The van der Waals surface area contributed by atoms with Crippen LogP contribution in [-0.2, 0) is 22.3 Å². The molecule has 0 saturated heterocycles. The van der Waals surface area contributed by atoms with Gasteiger partial charge in [-0.15, -0.1) is 0 Å². The van der Waals surface area contributed by atoms with E-state index in [1.807, 2.05) is 0 Å². The summed E-state index contributed by atoms with van der Waals surface area (Å²) in [6, 6.07) is 7.49. The summed E-state index contributed by atoms with van der Waals surface area (Å²) in [4.78, 5) is 23.5. The van der Waals surface area contributed by atoms with E-state index in [0.717, 1.165) is 21.3 Å². The van der Waals surface area contributed by atoms with Crippen LogP contribution in [0.4, 0.5) is 13.2 Å². The SMILES string of the molecule is CN1N=C(C(=O)NCc2ccc(-n3ccc(C(F)(F)F)n3)cc2)CCC1=O. The highest BCUT2D eigenvalue weighted by molar-refractivity contribution is 6.39. The van der Waals surface area contributed by atoms with Crippen LogP contribution in [0.25, 0.3) is 5.69 Å². The minimum Gasteiger partial charge on any atom is -0.347 e. The van der Waals surface area contributed by atoms with Gasteiger partial charge in [0.2, 0.25) is 5.91 Å². The second-order valence-corrected chi connectivity index (χ2v) is 5.96. The number of carbonyl (C=O) groups is 2. The van der Waals surface area contributed by atoms with Crippen LogP contribution in [-0.4, -0.2) is 39.4 Å². The molecule has 142 valence electrons. The van der Waals surface area contributed by atoms with Gasteiger partial charge < -0.3 is 5.32 Å². The average molecular weight is 379 g/mol. The first-order valence-electron chi connectivity index (χ1n) is 8.08. The number of hydrogen-bond donors (Lipinski definition) is 1. The van der Waals surface area contributed by atoms with Gasteiger partial charge in [0.25, 0.3) is 5.91 Å². The van der Waals surface area contributed by atoms with E-state index in [1.165, 1.54) is 13.2 Å². The van der Waals surface area contributed by atoms with E-state index in [1.54, 1.807) is 24.3 Å². The number of nitrogens with one attached hydrogen (secondary N) is 1. The van der Waals surface area contributed by atoms with Crippen molar-refractivity contribution < 1.29 is 22.8 Å². The average Bonchev–Trinajstić information content (AvgIpc) is 3.13. The summed E-state index contributed by atoms with van der Waals surface area (Å²) in [5.41, 5.74) is 0.550. The molecule has 27 heavy (non-hydrogen) atoms. The lowest BCUT2D eigenvalue weighted by Crippen LogP contribution is -2.37. The van der Waals surface area contributed by atoms with E-state index in [4.69, 9.17) is 0 Å². The quantitative estimate of drug-likeness (QED) is 0.884. The number of nitrogens with zero attached hydrogens (tertiary/aromatic N) is 4. The zero-order valence-corrected chi connectivity index (χ0v) is 14.3. The maximum Gasteiger partial charge on any atom is 0.435 e. The molecule has 2 amide bonds. The number of carbonyl (C=O) groups excluding carboxylic acids is 2. The predicted molar refractivity (Wildman–Crippen MR) is 89.9 cm³/mol. The minimum atomic E-state index is -4.49. The zero-order valence-electron chi connectivity index (χ0n) is 14.3. The van der Waals surface area contributed by atoms with Gasteiger partial charge in [-0.2, -0.15) is 23.4 Å². The van der Waals surface area contributed by atoms with Crippen LogP contribution in [0, 0.1) is 0 Å². The Morgan fingerprint density at radius 3 is 2.48 bits per heavy atom. The molecule has 2 aromatic rings. The van der Waals surface area contributed by atoms with Crippen LogP contribution in [0.3, 0.4) is 0 Å². The van der Waals surface area contributed by atoms with Crippen LogP contribution in [0.2, 0.25) is 0 Å². The largest absolute Gasteiger partial charge is 0.435 e. The second-order valence-electron chi connectivity index (χ2n) is 5.96. The van der Waals surface area contributed by atoms with E-state index >= 15 is 0 Å². The summed E-state index contributed by atoms with van der Waals surface area (Å²) in [5, 5.41) is 11.3. The number of hydrogen-bond acceptors (Lipinski definition) is 4. The van der Waals surface area contributed by atoms with Gasteiger partial charge >= 0.3 is 6.18 Å². The third-order valence-electron chi connectivity index (χ3n) is 4.00. The number of alkyl halides is 3. The van der Waals surface area contributed by atoms with E-state index in [0.29, 0.717) is 5.69 Å². The van der Waals surface area contributed by atoms with Crippen LogP contribution >= 0.6 is 0 Å². The van der Waals surface area contributed by atoms with Gasteiger partial charge in [-0.25, -0.2) is 9.69 Å². The Balaban J connectivity index is 1.61. The zero-order chi connectivity index (χ0) is 19.6. The highest BCUT2D eigenvalue weighted by atomic mass is 19.4. The molecule has 0 atom stereocenters. The highest BCUT2D eigenvalue weighted by Gasteiger charge is 2.33. The molecule has 0 unspecified atom stereocenters. The summed E-state index contributed by atoms with van der Waals surface area (Å²) < 4.78 is 39.0. The van der Waals surface area contributed by atoms with Crippen LogP contribution in [0.15, 0.2) is 41.6 Å². The number of aromatic nitrogens is 2. The Labute approximate surface area is 152 Å². The maximum atomic E-state index is 12.6. The molecule has 1 aliphatic rings. The minimum absolute atomic E-state index is 0.144. The molecule has 0 radical (unpaired) electrons. The monoisotopic (exact) mass is 379 g/mol. The lowest BCUT2D eigenvalue weighted by molar-refractivity contribution is -0.141. The molecule has 1 aliphatic heterocycles. The Bertz CT molecular complexity index is 887. The second kappa shape index (κ2) is 7.22. The first-order valence-corrected chi connectivity index (χ1v) is 8.08. The smallest absolute Gasteiger partial charge is 0.347 e. The van der Waals surface area contributed by atoms with E-state index in [2.05, 4.69) is 15.5 Å². The normalized spacial score (nSPS) is 14.9. The standard InChI is InChI=1S/C17H16F3N5O2/c1-24-15(26)7-6-13(22-24)16(27)21-10-11-2-4-12(5-3-11)25-9-8-14(23-25)17(18,19)20/h2-5,8-9H,6-7,10H2,1H3,(H,21,27). The Morgan fingerprint density at radius 1 is 1.19 bits per heavy atom. The van der Waals surface area contributed by atoms with Crippen molar-refractivity contribution in [2.24, 2.45) is 5.10 Å². The summed E-state index contributed by atoms with van der Waals surface area (Å²) in [6.45, 7) is 0.225. The molecule has 0 bridgehead atoms. The van der Waals surface area contributed by atoms with Crippen molar-refractivity contribution in [1.29, 1.82) is 0 Å². The molecular weight excluding hydrogens is 363 g/mol. The van der Waals surface area contributed by atoms with Crippen molar-refractivity contribution in [3.8, 4) is 5.69 Å². The van der Waals surface area contributed by atoms with Gasteiger partial charge in [0.15, 0.2) is 5.69 Å². The van der Waals surface area contributed by atoms with Gasteiger partial charge in [-0.1, -0.05) is 12.1 Å². The number of halogens is 3. The van der Waals surface area contributed by atoms with Crippen molar-refractivity contribution in [3.05, 3.63) is 47.8 Å². The number of rotatable bonds is 4. The van der Waals surface area contributed by atoms with Gasteiger partial charge in [0.1, 0.15) is 5.71 Å². The molecule has 1 aromatic carbocycles. The van der Waals surface area contributed by atoms with Crippen molar-refractivity contribution in [3.63, 3.8) is 0 Å². The van der Waals surface area contributed by atoms with Gasteiger partial charge in [0.05, 0.1) is 5.69 Å². The van der Waals surface area contributed by atoms with Crippen LogP contribution in [0.5, 0.6) is 0 Å². The summed E-state index contributed by atoms with van der Waals surface area (Å²) in [5.74, 6) is -0.505. The van der Waals surface area contributed by atoms with Gasteiger partial charge in [0, 0.05) is 32.6 Å². The molecule has 0 spiro atoms. The fourth-order valence-corrected chi connectivity index (χ4v) is 2.50. The van der Waals surface area contributed by atoms with Gasteiger partial charge in [-0.3, -0.25) is 9.59 Å². The summed E-state index contributed by atoms with van der Waals surface area (Å²) in [6.07, 6.45) is -2.73. The molecule has 2 heterocycles. The predicted octanol–water partition coefficient (Wildman–Crippen LogP) is 2.12. The van der Waals surface area contributed by atoms with Crippen molar-refractivity contribution in [2.75, 3.05) is 7.05 Å². The summed E-state index contributed by atoms with van der Waals surface area (Å²) in [7, 11) is 1.49. The van der Waals surface area contributed by atoms with Crippen molar-refractivity contribution in [2.45, 2.75) is 25.6 Å². The topological polar surface area (TPSA) is 79.6 Å². The van der Waals surface area contributed by atoms with E-state index in [-0.39, 0.29) is 36.9 Å². The van der Waals surface area contributed by atoms with Crippen LogP contribution in [0.1, 0.15) is 24.1 Å². The third kappa shape index (κ3) is 4.33. The lowest BCUT2D eigenvalue weighted by atomic mass is 10.1. The number of amides is 2. The lowest BCUT2D eigenvalue weighted by Gasteiger charge is -2.18. The molecule has 1 N–H and O–H groups in total. The molecule has 0 saturated carbocycles. The fraction of sp³-hybridized carbons (Fsp3) is 0.294. The Hall–Kier alpha value is -3.17. The molecule has 1 aromatic heterocycles. The molecular formula is C17H16F3N5O2. The van der Waals surface area contributed by atoms with E-state index < -0.39 is 11.9 Å². The highest BCUT2D eigenvalue weighted by Crippen LogP contribution is 2.27. The molecule has 0 aliphatic carbocycles. The van der Waals surface area contributed by atoms with E-state index in [9.17, 15) is 22.8 Å². The maximum absolute atomic E-state index is 12.6. The molecule has 3 rings (SSSR count). The first-order chi connectivity index (χ1) is 12.7. The first kappa shape index (κ1) is 18.6. The number of benzene rings is 1. The Kier molecular flexibility index (Phi) is 4.98. The molecule has 10 heteroatoms. The van der Waals surface area contributed by atoms with Crippen molar-refractivity contribution in [1.82, 2.24) is 20.1 Å². The fourth-order valence-electron chi connectivity index (χ4n) is 2.50. The van der Waals surface area contributed by atoms with Crippen LogP contribution < -0.4 is 5.32 Å². The Morgan fingerprint density at radius 2 is 1.89 bits per heavy atom. The van der Waals surface area contributed by atoms with Gasteiger partial charge in [-0.05, 0) is 23.8 Å².